The van der Waals surface area contributed by atoms with Crippen LogP contribution in [-0.2, 0) is 11.0 Å². The van der Waals surface area contributed by atoms with E-state index in [4.69, 9.17) is 10.4 Å². The van der Waals surface area contributed by atoms with Crippen molar-refractivity contribution in [1.29, 1.82) is 5.26 Å². The topological polar surface area (TPSA) is 70.3 Å². The van der Waals surface area contributed by atoms with Gasteiger partial charge in [0.2, 0.25) is 0 Å². The van der Waals surface area contributed by atoms with Crippen molar-refractivity contribution >= 4 is 5.97 Å². The minimum atomic E-state index is -4.89. The van der Waals surface area contributed by atoms with E-state index in [1.54, 1.807) is 0 Å². The summed E-state index contributed by atoms with van der Waals surface area (Å²) in [6, 6.07) is 3.57. The number of aliphatic carboxylic acids is 1. The highest BCUT2D eigenvalue weighted by Gasteiger charge is 2.36. The average molecular weight is 263 g/mol. The van der Waals surface area contributed by atoms with Crippen molar-refractivity contribution in [2.75, 3.05) is 0 Å². The molecule has 0 radical (unpaired) electrons. The van der Waals surface area contributed by atoms with E-state index in [0.717, 1.165) is 6.07 Å². The predicted molar refractivity (Wildman–Crippen MR) is 49.3 cm³/mol. The molecule has 0 heterocycles. The van der Waals surface area contributed by atoms with Crippen LogP contribution < -0.4 is 4.74 Å². The molecule has 0 aliphatic rings. The molecular formula is C10H5F4NO3. The van der Waals surface area contributed by atoms with Gasteiger partial charge < -0.3 is 9.84 Å². The molecule has 0 saturated carbocycles. The second-order valence-corrected chi connectivity index (χ2v) is 3.09. The number of hydrogen-bond donors (Lipinski definition) is 1. The number of hydrogen-bond acceptors (Lipinski definition) is 3. The molecular weight excluding hydrogens is 258 g/mol. The maximum atomic E-state index is 12.7. The van der Waals surface area contributed by atoms with Gasteiger partial charge in [-0.15, -0.1) is 0 Å². The fraction of sp³-hybridized carbons (Fsp3) is 0.200. The molecule has 1 aromatic carbocycles. The van der Waals surface area contributed by atoms with Gasteiger partial charge >= 0.3 is 18.5 Å². The molecule has 4 nitrogen and oxygen atoms in total. The van der Waals surface area contributed by atoms with Crippen LogP contribution in [0.2, 0.25) is 0 Å². The third-order valence-corrected chi connectivity index (χ3v) is 1.84. The molecule has 0 aromatic heterocycles. The molecule has 1 unspecified atom stereocenters. The lowest BCUT2D eigenvalue weighted by Crippen LogP contribution is -2.23. The van der Waals surface area contributed by atoms with Crippen molar-refractivity contribution in [1.82, 2.24) is 0 Å². The summed E-state index contributed by atoms with van der Waals surface area (Å²) in [4.78, 5) is 10.2. The van der Waals surface area contributed by atoms with Crippen molar-refractivity contribution in [3.8, 4) is 11.8 Å². The van der Waals surface area contributed by atoms with Crippen LogP contribution in [0, 0.1) is 11.3 Å². The van der Waals surface area contributed by atoms with E-state index in [-0.39, 0.29) is 5.56 Å². The molecule has 96 valence electrons. The van der Waals surface area contributed by atoms with Crippen LogP contribution in [0.1, 0.15) is 11.1 Å². The maximum absolute atomic E-state index is 12.7. The second kappa shape index (κ2) is 4.91. The van der Waals surface area contributed by atoms with Gasteiger partial charge in [0, 0.05) is 0 Å². The fourth-order valence-electron chi connectivity index (χ4n) is 1.09. The zero-order valence-corrected chi connectivity index (χ0v) is 8.53. The zero-order valence-electron chi connectivity index (χ0n) is 8.53. The Bertz CT molecular complexity index is 507. The van der Waals surface area contributed by atoms with Gasteiger partial charge in [0.1, 0.15) is 5.75 Å². The van der Waals surface area contributed by atoms with Gasteiger partial charge in [-0.25, -0.2) is 4.79 Å². The Labute approximate surface area is 98.0 Å². The van der Waals surface area contributed by atoms with Crippen LogP contribution in [0.5, 0.6) is 5.75 Å². The fourth-order valence-corrected chi connectivity index (χ4v) is 1.09. The Hall–Kier alpha value is -2.30. The molecule has 1 aromatic rings. The summed E-state index contributed by atoms with van der Waals surface area (Å²) in [5.41, 5.74) is -1.72. The SMILES string of the molecule is N#Cc1ccc(OC(F)C(=O)O)c(C(F)(F)F)c1. The Morgan fingerprint density at radius 1 is 1.44 bits per heavy atom. The van der Waals surface area contributed by atoms with Crippen LogP contribution in [-0.4, -0.2) is 17.4 Å². The number of carbonyl (C=O) groups is 1. The normalized spacial score (nSPS) is 12.6. The third-order valence-electron chi connectivity index (χ3n) is 1.84. The number of rotatable bonds is 3. The molecule has 0 saturated heterocycles. The Balaban J connectivity index is 3.20. The molecule has 1 N–H and O–H groups in total. The Morgan fingerprint density at radius 2 is 2.06 bits per heavy atom. The predicted octanol–water partition coefficient (Wildman–Crippen LogP) is 2.34. The first-order valence-electron chi connectivity index (χ1n) is 4.40. The van der Waals surface area contributed by atoms with E-state index >= 15 is 0 Å². The standard InChI is InChI=1S/C10H5F4NO3/c11-8(9(16)17)18-7-2-1-5(4-15)3-6(7)10(12,13)14/h1-3,8H,(H,16,17). The molecule has 8 heteroatoms. The first kappa shape index (κ1) is 13.8. The Kier molecular flexibility index (Phi) is 3.76. The minimum Gasteiger partial charge on any atom is -0.476 e. The molecule has 0 fully saturated rings. The molecule has 0 amide bonds. The molecule has 1 rings (SSSR count). The number of alkyl halides is 4. The second-order valence-electron chi connectivity index (χ2n) is 3.09. The van der Waals surface area contributed by atoms with Crippen molar-refractivity contribution in [2.45, 2.75) is 12.5 Å². The summed E-state index contributed by atoms with van der Waals surface area (Å²) >= 11 is 0. The van der Waals surface area contributed by atoms with E-state index < -0.39 is 29.8 Å². The van der Waals surface area contributed by atoms with Crippen LogP contribution >= 0.6 is 0 Å². The first-order chi connectivity index (χ1) is 8.25. The first-order valence-corrected chi connectivity index (χ1v) is 4.40. The highest BCUT2D eigenvalue weighted by Crippen LogP contribution is 2.37. The van der Waals surface area contributed by atoms with Gasteiger partial charge in [0.25, 0.3) is 0 Å². The lowest BCUT2D eigenvalue weighted by Gasteiger charge is -2.14. The summed E-state index contributed by atoms with van der Waals surface area (Å²) in [5.74, 6) is -3.04. The van der Waals surface area contributed by atoms with E-state index in [2.05, 4.69) is 4.74 Å². The summed E-state index contributed by atoms with van der Waals surface area (Å²) in [6.07, 6.45) is -7.81. The third kappa shape index (κ3) is 3.10. The molecule has 0 bridgehead atoms. The smallest absolute Gasteiger partial charge is 0.420 e. The number of nitrogens with zero attached hydrogens (tertiary/aromatic N) is 1. The number of benzene rings is 1. The van der Waals surface area contributed by atoms with Crippen LogP contribution in [0.25, 0.3) is 0 Å². The van der Waals surface area contributed by atoms with Crippen molar-refractivity contribution < 1.29 is 32.2 Å². The van der Waals surface area contributed by atoms with Crippen molar-refractivity contribution in [2.24, 2.45) is 0 Å². The van der Waals surface area contributed by atoms with Gasteiger partial charge in [0.05, 0.1) is 17.2 Å². The van der Waals surface area contributed by atoms with Crippen molar-refractivity contribution in [3.63, 3.8) is 0 Å². The van der Waals surface area contributed by atoms with Crippen LogP contribution in [0.4, 0.5) is 17.6 Å². The zero-order chi connectivity index (χ0) is 13.9. The number of carboxylic acids is 1. The summed E-state index contributed by atoms with van der Waals surface area (Å²) < 4.78 is 54.4. The lowest BCUT2D eigenvalue weighted by atomic mass is 10.1. The molecule has 0 aliphatic carbocycles. The van der Waals surface area contributed by atoms with Gasteiger partial charge in [-0.2, -0.15) is 22.8 Å². The molecule has 18 heavy (non-hydrogen) atoms. The van der Waals surface area contributed by atoms with Gasteiger partial charge in [0.15, 0.2) is 0 Å². The Morgan fingerprint density at radius 3 is 2.50 bits per heavy atom. The maximum Gasteiger partial charge on any atom is 0.420 e. The van der Waals surface area contributed by atoms with Crippen LogP contribution in [0.15, 0.2) is 18.2 Å². The largest absolute Gasteiger partial charge is 0.476 e. The van der Waals surface area contributed by atoms with Gasteiger partial charge in [-0.3, -0.25) is 0 Å². The van der Waals surface area contributed by atoms with Gasteiger partial charge in [-0.1, -0.05) is 0 Å². The van der Waals surface area contributed by atoms with E-state index in [9.17, 15) is 22.4 Å². The molecule has 1 atom stereocenters. The van der Waals surface area contributed by atoms with Gasteiger partial charge in [-0.05, 0) is 18.2 Å². The highest BCUT2D eigenvalue weighted by atomic mass is 19.4. The van der Waals surface area contributed by atoms with E-state index in [1.807, 2.05) is 0 Å². The number of halogens is 4. The van der Waals surface area contributed by atoms with E-state index in [0.29, 0.717) is 12.1 Å². The number of ether oxygens (including phenoxy) is 1. The number of carboxylic acid groups (broad SMARTS) is 1. The van der Waals surface area contributed by atoms with E-state index in [1.165, 1.54) is 6.07 Å². The highest BCUT2D eigenvalue weighted by molar-refractivity contribution is 5.71. The minimum absolute atomic E-state index is 0.305. The molecule has 0 aliphatic heterocycles. The number of nitriles is 1. The summed E-state index contributed by atoms with van der Waals surface area (Å²) in [5, 5.41) is 16.7. The monoisotopic (exact) mass is 263 g/mol. The lowest BCUT2D eigenvalue weighted by molar-refractivity contribution is -0.156. The van der Waals surface area contributed by atoms with Crippen molar-refractivity contribution in [3.05, 3.63) is 29.3 Å². The average Bonchev–Trinajstić information content (AvgIpc) is 2.27. The summed E-state index contributed by atoms with van der Waals surface area (Å²) in [6.45, 7) is 0. The quantitative estimate of drug-likeness (QED) is 0.849. The molecule has 0 spiro atoms. The van der Waals surface area contributed by atoms with Crippen LogP contribution in [0.3, 0.4) is 0 Å². The summed E-state index contributed by atoms with van der Waals surface area (Å²) in [7, 11) is 0.